The molecule has 0 saturated carbocycles. The normalized spacial score (nSPS) is 20.5. The second-order valence-electron chi connectivity index (χ2n) is 5.86. The molecule has 1 rings (SSSR count). The third-order valence-corrected chi connectivity index (χ3v) is 3.88. The first-order valence-corrected chi connectivity index (χ1v) is 7.23. The maximum atomic E-state index is 6.14. The Hall–Kier alpha value is -0.160. The van der Waals surface area contributed by atoms with Crippen LogP contribution in [0.15, 0.2) is 0 Å². The van der Waals surface area contributed by atoms with Crippen LogP contribution in [0.2, 0.25) is 0 Å². The summed E-state index contributed by atoms with van der Waals surface area (Å²) in [5, 5.41) is 0. The molecule has 1 aliphatic heterocycles. The Morgan fingerprint density at radius 1 is 1.39 bits per heavy atom. The summed E-state index contributed by atoms with van der Waals surface area (Å²) < 4.78 is 5.05. The van der Waals surface area contributed by atoms with E-state index in [0.717, 1.165) is 31.9 Å². The predicted molar refractivity (Wildman–Crippen MR) is 76.8 cm³/mol. The lowest BCUT2D eigenvalue weighted by atomic mass is 9.96. The van der Waals surface area contributed by atoms with Crippen molar-refractivity contribution in [3.63, 3.8) is 0 Å². The molecule has 0 aromatic rings. The minimum atomic E-state index is 0.288. The van der Waals surface area contributed by atoms with Gasteiger partial charge in [-0.25, -0.2) is 0 Å². The fourth-order valence-electron chi connectivity index (χ4n) is 2.74. The molecule has 0 amide bonds. The molecular formula is C14H31N3O. The van der Waals surface area contributed by atoms with Gasteiger partial charge in [0.15, 0.2) is 0 Å². The van der Waals surface area contributed by atoms with Gasteiger partial charge in [0.2, 0.25) is 0 Å². The molecule has 0 aromatic carbocycles. The molecule has 0 aromatic heterocycles. The molecule has 1 aliphatic rings. The molecule has 18 heavy (non-hydrogen) atoms. The Balaban J connectivity index is 2.10. The van der Waals surface area contributed by atoms with E-state index in [1.54, 1.807) is 7.11 Å². The molecule has 0 spiro atoms. The van der Waals surface area contributed by atoms with Crippen LogP contribution >= 0.6 is 0 Å². The smallest absolute Gasteiger partial charge is 0.0462 e. The van der Waals surface area contributed by atoms with E-state index < -0.39 is 0 Å². The van der Waals surface area contributed by atoms with Gasteiger partial charge in [-0.1, -0.05) is 0 Å². The molecule has 2 N–H and O–H groups in total. The number of ether oxygens (including phenoxy) is 1. The maximum absolute atomic E-state index is 6.14. The molecule has 0 bridgehead atoms. The van der Waals surface area contributed by atoms with Gasteiger partial charge in [0.05, 0.1) is 0 Å². The zero-order valence-electron chi connectivity index (χ0n) is 12.4. The molecule has 1 saturated heterocycles. The topological polar surface area (TPSA) is 41.7 Å². The van der Waals surface area contributed by atoms with Gasteiger partial charge in [0.25, 0.3) is 0 Å². The number of piperidine rings is 1. The number of hydrogen-bond donors (Lipinski definition) is 1. The molecule has 1 heterocycles. The van der Waals surface area contributed by atoms with Crippen LogP contribution in [0.1, 0.15) is 25.7 Å². The minimum absolute atomic E-state index is 0.288. The van der Waals surface area contributed by atoms with Crippen molar-refractivity contribution in [1.29, 1.82) is 0 Å². The third-order valence-electron chi connectivity index (χ3n) is 3.88. The number of methoxy groups -OCH3 is 1. The highest BCUT2D eigenvalue weighted by Crippen LogP contribution is 2.16. The van der Waals surface area contributed by atoms with E-state index in [1.807, 2.05) is 0 Å². The van der Waals surface area contributed by atoms with Crippen molar-refractivity contribution in [2.45, 2.75) is 31.7 Å². The Morgan fingerprint density at radius 3 is 2.67 bits per heavy atom. The van der Waals surface area contributed by atoms with E-state index in [9.17, 15) is 0 Å². The Labute approximate surface area is 112 Å². The highest BCUT2D eigenvalue weighted by molar-refractivity contribution is 4.74. The van der Waals surface area contributed by atoms with Gasteiger partial charge < -0.3 is 20.3 Å². The zero-order chi connectivity index (χ0) is 13.4. The minimum Gasteiger partial charge on any atom is -0.385 e. The van der Waals surface area contributed by atoms with Crippen molar-refractivity contribution in [3.05, 3.63) is 0 Å². The van der Waals surface area contributed by atoms with Crippen LogP contribution in [0.5, 0.6) is 0 Å². The first-order chi connectivity index (χ1) is 8.61. The highest BCUT2D eigenvalue weighted by atomic mass is 16.5. The third kappa shape index (κ3) is 6.69. The van der Waals surface area contributed by atoms with Gasteiger partial charge in [-0.3, -0.25) is 0 Å². The molecule has 108 valence electrons. The van der Waals surface area contributed by atoms with E-state index in [1.165, 1.54) is 32.5 Å². The summed E-state index contributed by atoms with van der Waals surface area (Å²) in [6, 6.07) is 0.288. The summed E-state index contributed by atoms with van der Waals surface area (Å²) in [4.78, 5) is 4.83. The maximum Gasteiger partial charge on any atom is 0.0462 e. The van der Waals surface area contributed by atoms with Crippen LogP contribution in [0.3, 0.4) is 0 Å². The standard InChI is InChI=1S/C14H31N3O/c1-16-8-6-13(7-9-16)11-17(2)12-14(15)5-4-10-18-3/h13-14H,4-12,15H2,1-3H3. The van der Waals surface area contributed by atoms with Crippen molar-refractivity contribution in [3.8, 4) is 0 Å². The lowest BCUT2D eigenvalue weighted by Crippen LogP contribution is -2.40. The fourth-order valence-corrected chi connectivity index (χ4v) is 2.74. The van der Waals surface area contributed by atoms with Crippen LogP contribution in [0.25, 0.3) is 0 Å². The van der Waals surface area contributed by atoms with Gasteiger partial charge in [-0.15, -0.1) is 0 Å². The number of hydrogen-bond acceptors (Lipinski definition) is 4. The molecule has 4 heteroatoms. The Kier molecular flexibility index (Phi) is 7.82. The molecule has 1 atom stereocenters. The lowest BCUT2D eigenvalue weighted by molar-refractivity contribution is 0.166. The molecule has 0 aliphatic carbocycles. The number of likely N-dealkylation sites (N-methyl/N-ethyl adjacent to an activating group) is 1. The monoisotopic (exact) mass is 257 g/mol. The molecular weight excluding hydrogens is 226 g/mol. The number of nitrogens with two attached hydrogens (primary N) is 1. The van der Waals surface area contributed by atoms with E-state index in [-0.39, 0.29) is 6.04 Å². The largest absolute Gasteiger partial charge is 0.385 e. The van der Waals surface area contributed by atoms with Crippen molar-refractivity contribution in [2.24, 2.45) is 11.7 Å². The van der Waals surface area contributed by atoms with Gasteiger partial charge in [-0.05, 0) is 58.8 Å². The van der Waals surface area contributed by atoms with Crippen LogP contribution < -0.4 is 5.73 Å². The van der Waals surface area contributed by atoms with E-state index in [0.29, 0.717) is 0 Å². The summed E-state index contributed by atoms with van der Waals surface area (Å²) in [5.41, 5.74) is 6.14. The second-order valence-corrected chi connectivity index (χ2v) is 5.86. The van der Waals surface area contributed by atoms with Gasteiger partial charge >= 0.3 is 0 Å². The first-order valence-electron chi connectivity index (χ1n) is 7.23. The van der Waals surface area contributed by atoms with Crippen LogP contribution in [-0.2, 0) is 4.74 Å². The second kappa shape index (κ2) is 8.86. The summed E-state index contributed by atoms with van der Waals surface area (Å²) in [7, 11) is 6.16. The van der Waals surface area contributed by atoms with E-state index >= 15 is 0 Å². The average Bonchev–Trinajstić information content (AvgIpc) is 2.32. The van der Waals surface area contributed by atoms with Crippen molar-refractivity contribution in [2.75, 3.05) is 54.0 Å². The zero-order valence-corrected chi connectivity index (χ0v) is 12.4. The van der Waals surface area contributed by atoms with Crippen molar-refractivity contribution >= 4 is 0 Å². The summed E-state index contributed by atoms with van der Waals surface area (Å²) in [5.74, 6) is 0.859. The van der Waals surface area contributed by atoms with Gasteiger partial charge in [-0.2, -0.15) is 0 Å². The fraction of sp³-hybridized carbons (Fsp3) is 1.00. The highest BCUT2D eigenvalue weighted by Gasteiger charge is 2.18. The Bertz CT molecular complexity index is 205. The average molecular weight is 257 g/mol. The molecule has 0 radical (unpaired) electrons. The number of rotatable bonds is 8. The van der Waals surface area contributed by atoms with Crippen molar-refractivity contribution in [1.82, 2.24) is 9.80 Å². The summed E-state index contributed by atoms with van der Waals surface area (Å²) in [6.07, 6.45) is 4.80. The van der Waals surface area contributed by atoms with Crippen LogP contribution in [0, 0.1) is 5.92 Å². The van der Waals surface area contributed by atoms with Crippen LogP contribution in [-0.4, -0.2) is 69.8 Å². The number of likely N-dealkylation sites (tertiary alicyclic amines) is 1. The van der Waals surface area contributed by atoms with Gasteiger partial charge in [0.1, 0.15) is 0 Å². The van der Waals surface area contributed by atoms with Crippen LogP contribution in [0.4, 0.5) is 0 Å². The summed E-state index contributed by atoms with van der Waals surface area (Å²) in [6.45, 7) is 5.53. The predicted octanol–water partition coefficient (Wildman–Crippen LogP) is 1.01. The summed E-state index contributed by atoms with van der Waals surface area (Å²) >= 11 is 0. The molecule has 1 fully saturated rings. The first kappa shape index (κ1) is 15.9. The SMILES string of the molecule is COCCCC(N)CN(C)CC1CCN(C)CC1. The number of nitrogens with zero attached hydrogens (tertiary/aromatic N) is 2. The molecule has 4 nitrogen and oxygen atoms in total. The Morgan fingerprint density at radius 2 is 2.06 bits per heavy atom. The van der Waals surface area contributed by atoms with E-state index in [4.69, 9.17) is 10.5 Å². The quantitative estimate of drug-likeness (QED) is 0.659. The van der Waals surface area contributed by atoms with E-state index in [2.05, 4.69) is 23.9 Å². The lowest BCUT2D eigenvalue weighted by Gasteiger charge is -2.32. The van der Waals surface area contributed by atoms with Gasteiger partial charge in [0, 0.05) is 32.8 Å². The molecule has 1 unspecified atom stereocenters. The van der Waals surface area contributed by atoms with Crippen molar-refractivity contribution < 1.29 is 4.74 Å².